The topological polar surface area (TPSA) is 24.5 Å². The molecule has 1 saturated heterocycles. The van der Waals surface area contributed by atoms with Gasteiger partial charge in [-0.05, 0) is 64.0 Å². The molecule has 1 heterocycles. The first kappa shape index (κ1) is 14.4. The average Bonchev–Trinajstić information content (AvgIpc) is 2.93. The van der Waals surface area contributed by atoms with E-state index >= 15 is 0 Å². The molecule has 1 unspecified atom stereocenters. The van der Waals surface area contributed by atoms with Crippen molar-refractivity contribution in [2.75, 3.05) is 33.3 Å². The van der Waals surface area contributed by atoms with E-state index in [2.05, 4.69) is 42.3 Å². The van der Waals surface area contributed by atoms with Crippen LogP contribution >= 0.6 is 0 Å². The van der Waals surface area contributed by atoms with E-state index in [1.165, 1.54) is 37.1 Å². The van der Waals surface area contributed by atoms with Crippen LogP contribution in [0.5, 0.6) is 5.75 Å². The normalized spacial score (nSPS) is 17.6. The Morgan fingerprint density at radius 3 is 2.68 bits per heavy atom. The van der Waals surface area contributed by atoms with Crippen LogP contribution in [0, 0.1) is 6.92 Å². The Morgan fingerprint density at radius 1 is 1.32 bits per heavy atom. The molecule has 1 atom stereocenters. The summed E-state index contributed by atoms with van der Waals surface area (Å²) in [6, 6.07) is 6.85. The summed E-state index contributed by atoms with van der Waals surface area (Å²) in [5.41, 5.74) is 2.54. The van der Waals surface area contributed by atoms with Gasteiger partial charge in [0.25, 0.3) is 0 Å². The fourth-order valence-electron chi connectivity index (χ4n) is 2.56. The Morgan fingerprint density at radius 2 is 2.05 bits per heavy atom. The van der Waals surface area contributed by atoms with Crippen LogP contribution in [0.4, 0.5) is 0 Å². The van der Waals surface area contributed by atoms with Gasteiger partial charge in [0, 0.05) is 12.6 Å². The molecule has 3 nitrogen and oxygen atoms in total. The highest BCUT2D eigenvalue weighted by Gasteiger charge is 2.11. The zero-order valence-corrected chi connectivity index (χ0v) is 12.4. The van der Waals surface area contributed by atoms with Crippen LogP contribution in [0.2, 0.25) is 0 Å². The minimum absolute atomic E-state index is 0.386. The van der Waals surface area contributed by atoms with Gasteiger partial charge in [0.1, 0.15) is 12.4 Å². The van der Waals surface area contributed by atoms with Gasteiger partial charge in [0.05, 0.1) is 0 Å². The summed E-state index contributed by atoms with van der Waals surface area (Å²) in [4.78, 5) is 2.48. The molecule has 1 fully saturated rings. The lowest BCUT2D eigenvalue weighted by Gasteiger charge is -2.17. The summed E-state index contributed by atoms with van der Waals surface area (Å²) in [5.74, 6) is 1.02. The van der Waals surface area contributed by atoms with E-state index in [9.17, 15) is 0 Å². The number of benzene rings is 1. The fourth-order valence-corrected chi connectivity index (χ4v) is 2.56. The van der Waals surface area contributed by atoms with Crippen molar-refractivity contribution >= 4 is 0 Å². The van der Waals surface area contributed by atoms with E-state index in [-0.39, 0.29) is 0 Å². The zero-order valence-electron chi connectivity index (χ0n) is 12.4. The van der Waals surface area contributed by atoms with E-state index < -0.39 is 0 Å². The molecule has 0 amide bonds. The summed E-state index contributed by atoms with van der Waals surface area (Å²) in [7, 11) is 1.99. The number of aryl methyl sites for hydroxylation is 1. The van der Waals surface area contributed by atoms with Gasteiger partial charge in [-0.15, -0.1) is 0 Å². The summed E-state index contributed by atoms with van der Waals surface area (Å²) in [6.45, 7) is 8.61. The van der Waals surface area contributed by atoms with Gasteiger partial charge in [-0.2, -0.15) is 0 Å². The molecule has 1 aliphatic heterocycles. The standard InChI is InChI=1S/C16H26N2O/c1-13-12-15(14(2)17-3)6-7-16(13)19-11-10-18-8-4-5-9-18/h6-7,12,14,17H,4-5,8-11H2,1-3H3. The Bertz CT molecular complexity index is 400. The second-order valence-electron chi connectivity index (χ2n) is 5.43. The quantitative estimate of drug-likeness (QED) is 0.853. The number of nitrogens with zero attached hydrogens (tertiary/aromatic N) is 1. The van der Waals surface area contributed by atoms with Crippen molar-refractivity contribution in [1.29, 1.82) is 0 Å². The largest absolute Gasteiger partial charge is 0.492 e. The average molecular weight is 262 g/mol. The lowest BCUT2D eigenvalue weighted by molar-refractivity contribution is 0.237. The summed E-state index contributed by atoms with van der Waals surface area (Å²) >= 11 is 0. The first-order chi connectivity index (χ1) is 9.20. The molecule has 19 heavy (non-hydrogen) atoms. The van der Waals surface area contributed by atoms with Gasteiger partial charge in [-0.1, -0.05) is 12.1 Å². The molecule has 1 aliphatic rings. The van der Waals surface area contributed by atoms with Crippen molar-refractivity contribution in [1.82, 2.24) is 10.2 Å². The fraction of sp³-hybridized carbons (Fsp3) is 0.625. The van der Waals surface area contributed by atoms with Crippen molar-refractivity contribution in [3.63, 3.8) is 0 Å². The maximum absolute atomic E-state index is 5.91. The number of likely N-dealkylation sites (tertiary alicyclic amines) is 1. The molecule has 1 aromatic rings. The van der Waals surface area contributed by atoms with Gasteiger partial charge >= 0.3 is 0 Å². The molecular formula is C16H26N2O. The SMILES string of the molecule is CNC(C)c1ccc(OCCN2CCCC2)c(C)c1. The van der Waals surface area contributed by atoms with E-state index in [4.69, 9.17) is 4.74 Å². The Kier molecular flexibility index (Phi) is 5.23. The predicted molar refractivity (Wildman–Crippen MR) is 79.8 cm³/mol. The minimum atomic E-state index is 0.386. The van der Waals surface area contributed by atoms with Gasteiger partial charge in [0.2, 0.25) is 0 Å². The maximum Gasteiger partial charge on any atom is 0.122 e. The highest BCUT2D eigenvalue weighted by atomic mass is 16.5. The van der Waals surface area contributed by atoms with E-state index in [1.54, 1.807) is 0 Å². The van der Waals surface area contributed by atoms with Crippen molar-refractivity contribution in [3.05, 3.63) is 29.3 Å². The number of rotatable bonds is 6. The molecule has 0 radical (unpaired) electrons. The van der Waals surface area contributed by atoms with E-state index in [0.717, 1.165) is 18.9 Å². The monoisotopic (exact) mass is 262 g/mol. The van der Waals surface area contributed by atoms with Crippen LogP contribution in [-0.2, 0) is 0 Å². The minimum Gasteiger partial charge on any atom is -0.492 e. The summed E-state index contributed by atoms with van der Waals surface area (Å²) in [5, 5.41) is 3.26. The molecule has 3 heteroatoms. The first-order valence-corrected chi connectivity index (χ1v) is 7.33. The third kappa shape index (κ3) is 3.95. The Labute approximate surface area is 116 Å². The Balaban J connectivity index is 1.86. The van der Waals surface area contributed by atoms with Crippen LogP contribution in [0.1, 0.15) is 36.9 Å². The lowest BCUT2D eigenvalue weighted by Crippen LogP contribution is -2.25. The van der Waals surface area contributed by atoms with Gasteiger partial charge < -0.3 is 10.1 Å². The van der Waals surface area contributed by atoms with Gasteiger partial charge in [0.15, 0.2) is 0 Å². The highest BCUT2D eigenvalue weighted by molar-refractivity contribution is 5.37. The van der Waals surface area contributed by atoms with E-state index in [1.807, 2.05) is 7.05 Å². The van der Waals surface area contributed by atoms with Crippen molar-refractivity contribution < 1.29 is 4.74 Å². The van der Waals surface area contributed by atoms with Crippen LogP contribution < -0.4 is 10.1 Å². The van der Waals surface area contributed by atoms with Crippen molar-refractivity contribution in [3.8, 4) is 5.75 Å². The zero-order chi connectivity index (χ0) is 13.7. The first-order valence-electron chi connectivity index (χ1n) is 7.33. The number of hydrogen-bond acceptors (Lipinski definition) is 3. The third-order valence-electron chi connectivity index (χ3n) is 4.00. The van der Waals surface area contributed by atoms with Crippen molar-refractivity contribution in [2.45, 2.75) is 32.7 Å². The molecule has 0 aromatic heterocycles. The molecule has 0 saturated carbocycles. The highest BCUT2D eigenvalue weighted by Crippen LogP contribution is 2.22. The number of ether oxygens (including phenoxy) is 1. The molecule has 0 bridgehead atoms. The molecular weight excluding hydrogens is 236 g/mol. The molecule has 0 spiro atoms. The molecule has 0 aliphatic carbocycles. The van der Waals surface area contributed by atoms with E-state index in [0.29, 0.717) is 6.04 Å². The maximum atomic E-state index is 5.91. The van der Waals surface area contributed by atoms with Gasteiger partial charge in [-0.3, -0.25) is 4.90 Å². The predicted octanol–water partition coefficient (Wildman–Crippen LogP) is 2.75. The van der Waals surface area contributed by atoms with Crippen LogP contribution in [-0.4, -0.2) is 38.2 Å². The second kappa shape index (κ2) is 6.92. The summed E-state index contributed by atoms with van der Waals surface area (Å²) < 4.78 is 5.91. The lowest BCUT2D eigenvalue weighted by atomic mass is 10.1. The second-order valence-corrected chi connectivity index (χ2v) is 5.43. The third-order valence-corrected chi connectivity index (χ3v) is 4.00. The molecule has 1 aromatic carbocycles. The molecule has 1 N–H and O–H groups in total. The van der Waals surface area contributed by atoms with Crippen molar-refractivity contribution in [2.24, 2.45) is 0 Å². The van der Waals surface area contributed by atoms with Crippen LogP contribution in [0.15, 0.2) is 18.2 Å². The smallest absolute Gasteiger partial charge is 0.122 e. The molecule has 106 valence electrons. The van der Waals surface area contributed by atoms with Gasteiger partial charge in [-0.25, -0.2) is 0 Å². The molecule has 2 rings (SSSR count). The summed E-state index contributed by atoms with van der Waals surface area (Å²) in [6.07, 6.45) is 2.69. The van der Waals surface area contributed by atoms with Crippen LogP contribution in [0.3, 0.4) is 0 Å². The number of nitrogens with one attached hydrogen (secondary N) is 1. The van der Waals surface area contributed by atoms with Crippen LogP contribution in [0.25, 0.3) is 0 Å². The Hall–Kier alpha value is -1.06. The number of hydrogen-bond donors (Lipinski definition) is 1.